The van der Waals surface area contributed by atoms with Crippen molar-refractivity contribution in [2.24, 2.45) is 5.14 Å². The Bertz CT molecular complexity index is 530. The highest BCUT2D eigenvalue weighted by molar-refractivity contribution is 7.89. The lowest BCUT2D eigenvalue weighted by Gasteiger charge is -2.08. The SMILES string of the molecule is Nc1ccccc1OCC(=O)NCCCS(N)(=O)=O. The van der Waals surface area contributed by atoms with Crippen LogP contribution in [0.4, 0.5) is 5.69 Å². The van der Waals surface area contributed by atoms with Gasteiger partial charge in [-0.15, -0.1) is 0 Å². The van der Waals surface area contributed by atoms with Gasteiger partial charge in [-0.3, -0.25) is 4.79 Å². The lowest BCUT2D eigenvalue weighted by Crippen LogP contribution is -2.31. The molecule has 1 rings (SSSR count). The Labute approximate surface area is 112 Å². The molecule has 8 heteroatoms. The topological polar surface area (TPSA) is 125 Å². The van der Waals surface area contributed by atoms with Gasteiger partial charge in [0.15, 0.2) is 6.61 Å². The minimum Gasteiger partial charge on any atom is -0.482 e. The number of nitrogens with two attached hydrogens (primary N) is 2. The second-order valence-corrected chi connectivity index (χ2v) is 5.63. The minimum absolute atomic E-state index is 0.167. The molecule has 0 aliphatic carbocycles. The van der Waals surface area contributed by atoms with Gasteiger partial charge in [-0.05, 0) is 18.6 Å². The molecule has 0 saturated heterocycles. The lowest BCUT2D eigenvalue weighted by molar-refractivity contribution is -0.123. The lowest BCUT2D eigenvalue weighted by atomic mass is 10.3. The van der Waals surface area contributed by atoms with E-state index in [1.807, 2.05) is 0 Å². The molecule has 1 amide bonds. The molecule has 0 spiro atoms. The van der Waals surface area contributed by atoms with Crippen molar-refractivity contribution in [3.63, 3.8) is 0 Å². The molecule has 0 saturated carbocycles. The molecule has 0 radical (unpaired) electrons. The number of hydrogen-bond donors (Lipinski definition) is 3. The summed E-state index contributed by atoms with van der Waals surface area (Å²) < 4.78 is 26.5. The van der Waals surface area contributed by atoms with Gasteiger partial charge in [0, 0.05) is 6.54 Å². The third kappa shape index (κ3) is 6.63. The van der Waals surface area contributed by atoms with Crippen molar-refractivity contribution in [3.8, 4) is 5.75 Å². The van der Waals surface area contributed by atoms with Crippen LogP contribution < -0.4 is 20.9 Å². The highest BCUT2D eigenvalue weighted by atomic mass is 32.2. The number of benzene rings is 1. The minimum atomic E-state index is -3.48. The van der Waals surface area contributed by atoms with E-state index in [1.165, 1.54) is 0 Å². The van der Waals surface area contributed by atoms with E-state index in [-0.39, 0.29) is 31.2 Å². The van der Waals surface area contributed by atoms with Crippen LogP contribution in [0.1, 0.15) is 6.42 Å². The van der Waals surface area contributed by atoms with Crippen molar-refractivity contribution >= 4 is 21.6 Å². The maximum Gasteiger partial charge on any atom is 0.257 e. The summed E-state index contributed by atoms with van der Waals surface area (Å²) in [6.07, 6.45) is 0.262. The summed E-state index contributed by atoms with van der Waals surface area (Å²) in [7, 11) is -3.48. The first-order valence-electron chi connectivity index (χ1n) is 5.63. The van der Waals surface area contributed by atoms with E-state index in [4.69, 9.17) is 15.6 Å². The summed E-state index contributed by atoms with van der Waals surface area (Å²) in [5.74, 6) is -0.0837. The second kappa shape index (κ2) is 6.95. The molecule has 1 aromatic carbocycles. The van der Waals surface area contributed by atoms with Crippen molar-refractivity contribution in [3.05, 3.63) is 24.3 Å². The van der Waals surface area contributed by atoms with Crippen molar-refractivity contribution in [2.75, 3.05) is 24.6 Å². The zero-order chi connectivity index (χ0) is 14.3. The molecule has 0 heterocycles. The van der Waals surface area contributed by atoms with E-state index >= 15 is 0 Å². The van der Waals surface area contributed by atoms with Gasteiger partial charge in [-0.25, -0.2) is 13.6 Å². The number of carbonyl (C=O) groups is 1. The number of hydrogen-bond acceptors (Lipinski definition) is 5. The van der Waals surface area contributed by atoms with Crippen LogP contribution in [0.25, 0.3) is 0 Å². The third-order valence-corrected chi connectivity index (χ3v) is 3.06. The Kier molecular flexibility index (Phi) is 5.58. The van der Waals surface area contributed by atoms with Crippen molar-refractivity contribution in [1.29, 1.82) is 0 Å². The summed E-state index contributed by atoms with van der Waals surface area (Å²) >= 11 is 0. The molecule has 0 aliphatic rings. The van der Waals surface area contributed by atoms with Gasteiger partial charge in [0.25, 0.3) is 5.91 Å². The first-order valence-corrected chi connectivity index (χ1v) is 7.34. The molecule has 0 aliphatic heterocycles. The summed E-state index contributed by atoms with van der Waals surface area (Å²) in [5, 5.41) is 7.34. The van der Waals surface area contributed by atoms with Crippen LogP contribution in [0.3, 0.4) is 0 Å². The fourth-order valence-corrected chi connectivity index (χ4v) is 1.85. The second-order valence-electron chi connectivity index (χ2n) is 3.90. The van der Waals surface area contributed by atoms with Crippen LogP contribution >= 0.6 is 0 Å². The number of primary sulfonamides is 1. The predicted molar refractivity (Wildman–Crippen MR) is 72.0 cm³/mol. The predicted octanol–water partition coefficient (Wildman–Crippen LogP) is -0.558. The normalized spacial score (nSPS) is 11.0. The fourth-order valence-electron chi connectivity index (χ4n) is 1.31. The maximum atomic E-state index is 11.4. The molecule has 0 bridgehead atoms. The standard InChI is InChI=1S/C11H17N3O4S/c12-9-4-1-2-5-10(9)18-8-11(15)14-6-3-7-19(13,16)17/h1-2,4-5H,3,6-8,12H2,(H,14,15)(H2,13,16,17). The quantitative estimate of drug-likeness (QED) is 0.458. The average Bonchev–Trinajstić information content (AvgIpc) is 2.32. The molecule has 0 aromatic heterocycles. The van der Waals surface area contributed by atoms with Crippen LogP contribution in [0.2, 0.25) is 0 Å². The number of rotatable bonds is 7. The highest BCUT2D eigenvalue weighted by Crippen LogP contribution is 2.19. The van der Waals surface area contributed by atoms with Crippen molar-refractivity contribution in [1.82, 2.24) is 5.32 Å². The average molecular weight is 287 g/mol. The number of nitrogen functional groups attached to an aromatic ring is 1. The molecule has 106 valence electrons. The van der Waals surface area contributed by atoms with E-state index in [0.29, 0.717) is 11.4 Å². The molecule has 0 fully saturated rings. The summed E-state index contributed by atoms with van der Waals surface area (Å²) in [4.78, 5) is 11.4. The first-order chi connectivity index (χ1) is 8.88. The molecule has 1 aromatic rings. The zero-order valence-electron chi connectivity index (χ0n) is 10.3. The number of carbonyl (C=O) groups excluding carboxylic acids is 1. The number of nitrogens with one attached hydrogen (secondary N) is 1. The number of para-hydroxylation sites is 2. The van der Waals surface area contributed by atoms with E-state index < -0.39 is 10.0 Å². The van der Waals surface area contributed by atoms with Crippen LogP contribution in [0.5, 0.6) is 5.75 Å². The number of anilines is 1. The summed E-state index contributed by atoms with van der Waals surface area (Å²) in [6.45, 7) is 0.0481. The van der Waals surface area contributed by atoms with E-state index in [1.54, 1.807) is 24.3 Å². The van der Waals surface area contributed by atoms with Crippen molar-refractivity contribution in [2.45, 2.75) is 6.42 Å². The van der Waals surface area contributed by atoms with Crippen LogP contribution in [0, 0.1) is 0 Å². The molecular weight excluding hydrogens is 270 g/mol. The Balaban J connectivity index is 2.24. The molecule has 5 N–H and O–H groups in total. The van der Waals surface area contributed by atoms with E-state index in [2.05, 4.69) is 5.32 Å². The Hall–Kier alpha value is -1.80. The molecule has 0 unspecified atom stereocenters. The van der Waals surface area contributed by atoms with Gasteiger partial charge in [-0.1, -0.05) is 12.1 Å². The Morgan fingerprint density at radius 3 is 2.63 bits per heavy atom. The summed E-state index contributed by atoms with van der Waals surface area (Å²) in [6, 6.07) is 6.83. The Morgan fingerprint density at radius 2 is 2.00 bits per heavy atom. The number of ether oxygens (including phenoxy) is 1. The summed E-state index contributed by atoms with van der Waals surface area (Å²) in [5.41, 5.74) is 6.09. The number of sulfonamides is 1. The smallest absolute Gasteiger partial charge is 0.257 e. The zero-order valence-corrected chi connectivity index (χ0v) is 11.2. The van der Waals surface area contributed by atoms with Crippen LogP contribution in [0.15, 0.2) is 24.3 Å². The monoisotopic (exact) mass is 287 g/mol. The van der Waals surface area contributed by atoms with Gasteiger partial charge in [0.05, 0.1) is 11.4 Å². The van der Waals surface area contributed by atoms with Crippen LogP contribution in [-0.2, 0) is 14.8 Å². The first kappa shape index (κ1) is 15.3. The largest absolute Gasteiger partial charge is 0.482 e. The van der Waals surface area contributed by atoms with Gasteiger partial charge in [0.2, 0.25) is 10.0 Å². The van der Waals surface area contributed by atoms with Crippen molar-refractivity contribution < 1.29 is 17.9 Å². The van der Waals surface area contributed by atoms with Gasteiger partial charge >= 0.3 is 0 Å². The third-order valence-electron chi connectivity index (χ3n) is 2.21. The molecule has 19 heavy (non-hydrogen) atoms. The molecule has 0 atom stereocenters. The van der Waals surface area contributed by atoms with Crippen LogP contribution in [-0.4, -0.2) is 33.2 Å². The Morgan fingerprint density at radius 1 is 1.32 bits per heavy atom. The van der Waals surface area contributed by atoms with E-state index in [9.17, 15) is 13.2 Å². The number of amides is 1. The van der Waals surface area contributed by atoms with E-state index in [0.717, 1.165) is 0 Å². The highest BCUT2D eigenvalue weighted by Gasteiger charge is 2.06. The fraction of sp³-hybridized carbons (Fsp3) is 0.364. The molecule has 7 nitrogen and oxygen atoms in total. The molecular formula is C11H17N3O4S. The maximum absolute atomic E-state index is 11.4. The van der Waals surface area contributed by atoms with Gasteiger partial charge in [0.1, 0.15) is 5.75 Å². The van der Waals surface area contributed by atoms with Gasteiger partial charge < -0.3 is 15.8 Å². The van der Waals surface area contributed by atoms with Gasteiger partial charge in [-0.2, -0.15) is 0 Å².